The summed E-state index contributed by atoms with van der Waals surface area (Å²) in [5.74, 6) is 3.28. The Labute approximate surface area is 188 Å². The van der Waals surface area contributed by atoms with Crippen LogP contribution in [0.3, 0.4) is 0 Å². The summed E-state index contributed by atoms with van der Waals surface area (Å²) in [6.07, 6.45) is 0. The van der Waals surface area contributed by atoms with E-state index in [1.165, 1.54) is 6.07 Å². The van der Waals surface area contributed by atoms with Gasteiger partial charge in [0, 0.05) is 0 Å². The molecule has 0 radical (unpaired) electrons. The van der Waals surface area contributed by atoms with E-state index in [0.717, 1.165) is 9.39 Å². The zero-order chi connectivity index (χ0) is 21.2. The molecule has 1 saturated heterocycles. The van der Waals surface area contributed by atoms with Gasteiger partial charge in [-0.25, -0.2) is 0 Å². The van der Waals surface area contributed by atoms with Crippen molar-refractivity contribution in [2.24, 2.45) is 0 Å². The summed E-state index contributed by atoms with van der Waals surface area (Å²) in [5, 5.41) is 1.49. The molecule has 0 atom stereocenters. The molecule has 0 aliphatic carbocycles. The maximum absolute atomic E-state index is 14.8. The normalized spacial score (nSPS) is 16.8. The Morgan fingerprint density at radius 2 is 1.90 bits per heavy atom. The minimum absolute atomic E-state index is 0.106. The van der Waals surface area contributed by atoms with E-state index in [9.17, 15) is 4.39 Å². The van der Waals surface area contributed by atoms with Gasteiger partial charge in [0.15, 0.2) is 0 Å². The van der Waals surface area contributed by atoms with Gasteiger partial charge >= 0.3 is 189 Å². The van der Waals surface area contributed by atoms with Gasteiger partial charge in [-0.2, -0.15) is 0 Å². The molecule has 0 saturated carbocycles. The van der Waals surface area contributed by atoms with Crippen molar-refractivity contribution in [2.75, 3.05) is 13.9 Å². The van der Waals surface area contributed by atoms with Gasteiger partial charge in [0.1, 0.15) is 0 Å². The summed E-state index contributed by atoms with van der Waals surface area (Å²) in [5.41, 5.74) is 0.0104. The van der Waals surface area contributed by atoms with E-state index in [1.807, 2.05) is 39.8 Å². The van der Waals surface area contributed by atoms with Gasteiger partial charge in [-0.1, -0.05) is 0 Å². The zero-order valence-electron chi connectivity index (χ0n) is 17.0. The van der Waals surface area contributed by atoms with Gasteiger partial charge in [-0.3, -0.25) is 0 Å². The van der Waals surface area contributed by atoms with Gasteiger partial charge < -0.3 is 0 Å². The summed E-state index contributed by atoms with van der Waals surface area (Å²) in [6, 6.07) is 6.82. The first-order valence-electron chi connectivity index (χ1n) is 9.09. The predicted octanol–water partition coefficient (Wildman–Crippen LogP) is 3.60. The molecule has 0 amide bonds. The molecule has 0 unspecified atom stereocenters. The quantitative estimate of drug-likeness (QED) is 0.226. The van der Waals surface area contributed by atoms with E-state index in [1.54, 1.807) is 13.2 Å². The number of fused-ring (bicyclic) bond motifs is 1. The average molecular weight is 623 g/mol. The Morgan fingerprint density at radius 1 is 1.21 bits per heavy atom. The second kappa shape index (κ2) is 9.33. The molecule has 2 aromatic carbocycles. The molecule has 3 rings (SSSR count). The van der Waals surface area contributed by atoms with E-state index < -0.39 is 41.4 Å². The van der Waals surface area contributed by atoms with Gasteiger partial charge in [0.05, 0.1) is 0 Å². The molecule has 1 aliphatic heterocycles. The van der Waals surface area contributed by atoms with Crippen molar-refractivity contribution in [3.63, 3.8) is 0 Å². The Hall–Kier alpha value is -0.493. The van der Waals surface area contributed by atoms with Crippen LogP contribution in [0, 0.1) is 15.2 Å². The Bertz CT molecular complexity index is 1040. The second-order valence-electron chi connectivity index (χ2n) is 7.68. The van der Waals surface area contributed by atoms with E-state index >= 15 is 0 Å². The number of halogens is 1. The molecule has 2 aromatic rings. The fraction of sp³-hybridized carbons (Fsp3) is 0.400. The van der Waals surface area contributed by atoms with Crippen LogP contribution < -0.4 is 10.2 Å². The van der Waals surface area contributed by atoms with Gasteiger partial charge in [0.25, 0.3) is 0 Å². The molecule has 1 fully saturated rings. The third kappa shape index (κ3) is 4.89. The Balaban J connectivity index is 2.26. The molecular formula is C20H21BFO4PSTl+. The van der Waals surface area contributed by atoms with Crippen LogP contribution in [0.15, 0.2) is 24.3 Å². The summed E-state index contributed by atoms with van der Waals surface area (Å²) >= 11 is 3.67. The molecule has 1 heterocycles. The first kappa shape index (κ1) is 23.2. The topological polar surface area (TPSA) is 36.9 Å². The van der Waals surface area contributed by atoms with Crippen molar-refractivity contribution in [3.05, 3.63) is 35.6 Å². The van der Waals surface area contributed by atoms with E-state index in [4.69, 9.17) is 30.6 Å². The zero-order valence-corrected chi connectivity index (χ0v) is 23.2. The molecule has 0 bridgehead atoms. The molecule has 0 spiro atoms. The number of hydrogen-bond acceptors (Lipinski definition) is 5. The number of hydrogen-bond donors (Lipinski definition) is 0. The molecular weight excluding hydrogens is 601 g/mol. The third-order valence-electron chi connectivity index (χ3n) is 5.24. The number of ether oxygens (including phenoxy) is 2. The molecule has 0 aromatic heterocycles. The first-order chi connectivity index (χ1) is 13.7. The van der Waals surface area contributed by atoms with E-state index in [2.05, 4.69) is 9.40 Å². The molecule has 29 heavy (non-hydrogen) atoms. The monoisotopic (exact) mass is 623 g/mol. The third-order valence-corrected chi connectivity index (χ3v) is 11.5. The first-order valence-corrected chi connectivity index (χ1v) is 19.3. The number of rotatable bonds is 4. The van der Waals surface area contributed by atoms with Crippen LogP contribution in [0.4, 0.5) is 4.39 Å². The van der Waals surface area contributed by atoms with Crippen molar-refractivity contribution in [2.45, 2.75) is 38.9 Å². The fourth-order valence-corrected chi connectivity index (χ4v) is 6.50. The minimum atomic E-state index is -1.35. The van der Waals surface area contributed by atoms with Crippen LogP contribution in [0.5, 0.6) is 5.75 Å². The molecule has 1 aliphatic rings. The Kier molecular flexibility index (Phi) is 7.46. The van der Waals surface area contributed by atoms with E-state index in [-0.39, 0.29) is 12.6 Å². The van der Waals surface area contributed by atoms with Crippen LogP contribution in [0.1, 0.15) is 33.3 Å². The van der Waals surface area contributed by atoms with Crippen molar-refractivity contribution < 1.29 is 23.2 Å². The molecule has 148 valence electrons. The van der Waals surface area contributed by atoms with Crippen molar-refractivity contribution in [3.8, 4) is 15.1 Å². The van der Waals surface area contributed by atoms with Crippen LogP contribution in [-0.4, -0.2) is 55.3 Å². The molecule has 4 nitrogen and oxygen atoms in total. The van der Waals surface area contributed by atoms with Gasteiger partial charge in [-0.15, -0.1) is 0 Å². The van der Waals surface area contributed by atoms with Crippen molar-refractivity contribution >= 4 is 62.3 Å². The second-order valence-corrected chi connectivity index (χ2v) is 20.3. The van der Waals surface area contributed by atoms with Crippen LogP contribution >= 0.6 is 4.00 Å². The summed E-state index contributed by atoms with van der Waals surface area (Å²) in [7, 11) is 0.889. The van der Waals surface area contributed by atoms with Gasteiger partial charge in [0.2, 0.25) is 0 Å². The molecule has 9 heteroatoms. The predicted molar refractivity (Wildman–Crippen MR) is 119 cm³/mol. The van der Waals surface area contributed by atoms with Crippen molar-refractivity contribution in [1.29, 1.82) is 0 Å². The van der Waals surface area contributed by atoms with Crippen LogP contribution in [-0.2, 0) is 25.9 Å². The SMILES string of the molecule is COCOc1cc(B2OC(C)(C)C(C)(C)O2)c2c(C#[C][Tl]=[P+]=S)c(F)ccc2c1. The Morgan fingerprint density at radius 3 is 2.52 bits per heavy atom. The molecule has 0 N–H and O–H groups in total. The van der Waals surface area contributed by atoms with E-state index in [0.29, 0.717) is 22.2 Å². The number of methoxy groups -OCH3 is 1. The number of benzene rings is 2. The summed E-state index contributed by atoms with van der Waals surface area (Å²) in [6.45, 7) is 8.05. The standard InChI is InChI=1S/C20H21BFO4.PS.Tl/c1-7-15-17(22)9-8-13-10-14(24-12-23-6)11-16(18(13)15)21-25-19(2,3)20(4,5)26-21;1-2;/h8-11H,12H2,2-6H3;;/q;-1;+2. The van der Waals surface area contributed by atoms with Gasteiger partial charge in [-0.05, 0) is 0 Å². The van der Waals surface area contributed by atoms with Crippen LogP contribution in [0.25, 0.3) is 10.8 Å². The summed E-state index contributed by atoms with van der Waals surface area (Å²) < 4.78 is 42.1. The maximum atomic E-state index is 14.8. The van der Waals surface area contributed by atoms with Crippen molar-refractivity contribution in [1.82, 2.24) is 0 Å². The van der Waals surface area contributed by atoms with Crippen LogP contribution in [0.2, 0.25) is 0 Å². The summed E-state index contributed by atoms with van der Waals surface area (Å²) in [4.78, 5) is 0. The average Bonchev–Trinajstić information content (AvgIpc) is 2.88. The fourth-order valence-electron chi connectivity index (χ4n) is 3.06.